The van der Waals surface area contributed by atoms with Gasteiger partial charge in [-0.3, -0.25) is 9.88 Å². The van der Waals surface area contributed by atoms with Crippen LogP contribution in [-0.4, -0.2) is 23.0 Å². The summed E-state index contributed by atoms with van der Waals surface area (Å²) < 4.78 is 0. The van der Waals surface area contributed by atoms with Gasteiger partial charge < -0.3 is 0 Å². The van der Waals surface area contributed by atoms with Crippen molar-refractivity contribution in [1.29, 1.82) is 0 Å². The fraction of sp³-hybridized carbons (Fsp3) is 0.643. The summed E-state index contributed by atoms with van der Waals surface area (Å²) in [4.78, 5) is 6.65. The highest BCUT2D eigenvalue weighted by Gasteiger charge is 2.21. The van der Waals surface area contributed by atoms with Crippen LogP contribution in [0.2, 0.25) is 0 Å². The van der Waals surface area contributed by atoms with E-state index in [-0.39, 0.29) is 0 Å². The second kappa shape index (κ2) is 5.44. The van der Waals surface area contributed by atoms with E-state index in [0.29, 0.717) is 0 Å². The van der Waals surface area contributed by atoms with E-state index in [1.807, 2.05) is 12.4 Å². The van der Waals surface area contributed by atoms with E-state index in [1.165, 1.54) is 31.5 Å². The lowest BCUT2D eigenvalue weighted by molar-refractivity contribution is 0.139. The first-order chi connectivity index (χ1) is 7.75. The van der Waals surface area contributed by atoms with E-state index >= 15 is 0 Å². The molecule has 88 valence electrons. The number of pyridine rings is 1. The topological polar surface area (TPSA) is 16.1 Å². The zero-order valence-corrected chi connectivity index (χ0v) is 10.4. The summed E-state index contributed by atoms with van der Waals surface area (Å²) in [6.07, 6.45) is 6.54. The molecule has 1 aliphatic rings. The Morgan fingerprint density at radius 1 is 1.38 bits per heavy atom. The first kappa shape index (κ1) is 11.6. The van der Waals surface area contributed by atoms with Gasteiger partial charge in [-0.15, -0.1) is 0 Å². The van der Waals surface area contributed by atoms with Crippen molar-refractivity contribution in [3.05, 3.63) is 30.1 Å². The predicted molar refractivity (Wildman–Crippen MR) is 67.1 cm³/mol. The number of rotatable bonds is 3. The third kappa shape index (κ3) is 3.05. The van der Waals surface area contributed by atoms with Crippen LogP contribution in [0.5, 0.6) is 0 Å². The Kier molecular flexibility index (Phi) is 3.94. The maximum atomic E-state index is 4.06. The molecule has 0 aromatic carbocycles. The summed E-state index contributed by atoms with van der Waals surface area (Å²) in [7, 11) is 0. The lowest BCUT2D eigenvalue weighted by Crippen LogP contribution is -2.36. The van der Waals surface area contributed by atoms with E-state index in [2.05, 4.69) is 35.9 Å². The molecule has 1 fully saturated rings. The van der Waals surface area contributed by atoms with Gasteiger partial charge >= 0.3 is 0 Å². The fourth-order valence-corrected chi connectivity index (χ4v) is 2.53. The Labute approximate surface area is 98.7 Å². The van der Waals surface area contributed by atoms with Crippen molar-refractivity contribution in [2.24, 2.45) is 11.8 Å². The normalized spacial score (nSPS) is 22.6. The smallest absolute Gasteiger partial charge is 0.0271 e. The van der Waals surface area contributed by atoms with Crippen LogP contribution in [-0.2, 0) is 6.54 Å². The van der Waals surface area contributed by atoms with Crippen LogP contribution in [0.4, 0.5) is 0 Å². The first-order valence-electron chi connectivity index (χ1n) is 6.37. The second-order valence-electron chi connectivity index (χ2n) is 5.24. The Hall–Kier alpha value is -0.890. The monoisotopic (exact) mass is 218 g/mol. The van der Waals surface area contributed by atoms with Crippen molar-refractivity contribution in [3.63, 3.8) is 0 Å². The standard InChI is InChI=1S/C14H22N2/c1-12(2)14-4-3-9-16(11-14)10-13-5-7-15-8-6-13/h5-8,12,14H,3-4,9-11H2,1-2H3/t14-/m1/s1. The number of likely N-dealkylation sites (tertiary alicyclic amines) is 1. The SMILES string of the molecule is CC(C)[C@@H]1CCCN(Cc2ccncc2)C1. The van der Waals surface area contributed by atoms with Crippen LogP contribution in [0.25, 0.3) is 0 Å². The zero-order chi connectivity index (χ0) is 11.4. The molecule has 1 saturated heterocycles. The zero-order valence-electron chi connectivity index (χ0n) is 10.4. The van der Waals surface area contributed by atoms with E-state index < -0.39 is 0 Å². The fourth-order valence-electron chi connectivity index (χ4n) is 2.53. The minimum atomic E-state index is 0.820. The van der Waals surface area contributed by atoms with Gasteiger partial charge in [-0.2, -0.15) is 0 Å². The summed E-state index contributed by atoms with van der Waals surface area (Å²) in [5.41, 5.74) is 1.39. The third-order valence-electron chi connectivity index (χ3n) is 3.64. The molecular formula is C14H22N2. The van der Waals surface area contributed by atoms with Crippen LogP contribution in [0.1, 0.15) is 32.3 Å². The van der Waals surface area contributed by atoms with Crippen LogP contribution >= 0.6 is 0 Å². The molecule has 0 saturated carbocycles. The Balaban J connectivity index is 1.90. The average molecular weight is 218 g/mol. The second-order valence-corrected chi connectivity index (χ2v) is 5.24. The van der Waals surface area contributed by atoms with E-state index in [9.17, 15) is 0 Å². The van der Waals surface area contributed by atoms with Crippen molar-refractivity contribution < 1.29 is 0 Å². The number of hydrogen-bond donors (Lipinski definition) is 0. The molecule has 2 rings (SSSR count). The molecular weight excluding hydrogens is 196 g/mol. The van der Waals surface area contributed by atoms with Crippen LogP contribution in [0.15, 0.2) is 24.5 Å². The van der Waals surface area contributed by atoms with Crippen molar-refractivity contribution >= 4 is 0 Å². The highest BCUT2D eigenvalue weighted by Crippen LogP contribution is 2.24. The molecule has 1 atom stereocenters. The summed E-state index contributed by atoms with van der Waals surface area (Å²) in [5, 5.41) is 0. The molecule has 2 heterocycles. The molecule has 0 N–H and O–H groups in total. The molecule has 0 unspecified atom stereocenters. The largest absolute Gasteiger partial charge is 0.299 e. The lowest BCUT2D eigenvalue weighted by Gasteiger charge is -2.34. The van der Waals surface area contributed by atoms with Crippen molar-refractivity contribution in [2.75, 3.05) is 13.1 Å². The molecule has 1 aliphatic heterocycles. The summed E-state index contributed by atoms with van der Waals surface area (Å²) in [6, 6.07) is 4.25. The molecule has 16 heavy (non-hydrogen) atoms. The molecule has 0 bridgehead atoms. The summed E-state index contributed by atoms with van der Waals surface area (Å²) in [5.74, 6) is 1.70. The maximum Gasteiger partial charge on any atom is 0.0271 e. The van der Waals surface area contributed by atoms with Gasteiger partial charge in [0, 0.05) is 25.5 Å². The number of aromatic nitrogens is 1. The maximum absolute atomic E-state index is 4.06. The van der Waals surface area contributed by atoms with Gasteiger partial charge in [-0.25, -0.2) is 0 Å². The highest BCUT2D eigenvalue weighted by atomic mass is 15.1. The van der Waals surface area contributed by atoms with Crippen LogP contribution in [0.3, 0.4) is 0 Å². The Bertz CT molecular complexity index is 308. The summed E-state index contributed by atoms with van der Waals surface area (Å²) in [6.45, 7) is 8.30. The quantitative estimate of drug-likeness (QED) is 0.775. The van der Waals surface area contributed by atoms with E-state index in [0.717, 1.165) is 18.4 Å². The van der Waals surface area contributed by atoms with Crippen molar-refractivity contribution in [3.8, 4) is 0 Å². The molecule has 0 radical (unpaired) electrons. The minimum Gasteiger partial charge on any atom is -0.299 e. The van der Waals surface area contributed by atoms with Gasteiger partial charge in [0.05, 0.1) is 0 Å². The van der Waals surface area contributed by atoms with Gasteiger partial charge in [0.1, 0.15) is 0 Å². The molecule has 2 heteroatoms. The predicted octanol–water partition coefficient (Wildman–Crippen LogP) is 2.95. The molecule has 1 aromatic heterocycles. The molecule has 1 aromatic rings. The molecule has 2 nitrogen and oxygen atoms in total. The Morgan fingerprint density at radius 2 is 2.12 bits per heavy atom. The van der Waals surface area contributed by atoms with Crippen molar-refractivity contribution in [1.82, 2.24) is 9.88 Å². The molecule has 0 spiro atoms. The first-order valence-corrected chi connectivity index (χ1v) is 6.37. The Morgan fingerprint density at radius 3 is 2.81 bits per heavy atom. The molecule has 0 aliphatic carbocycles. The van der Waals surface area contributed by atoms with E-state index in [1.54, 1.807) is 0 Å². The number of nitrogens with zero attached hydrogens (tertiary/aromatic N) is 2. The van der Waals surface area contributed by atoms with Crippen LogP contribution in [0, 0.1) is 11.8 Å². The lowest BCUT2D eigenvalue weighted by atomic mass is 9.88. The van der Waals surface area contributed by atoms with Gasteiger partial charge in [0.25, 0.3) is 0 Å². The van der Waals surface area contributed by atoms with Gasteiger partial charge in [-0.1, -0.05) is 13.8 Å². The third-order valence-corrected chi connectivity index (χ3v) is 3.64. The van der Waals surface area contributed by atoms with E-state index in [4.69, 9.17) is 0 Å². The van der Waals surface area contributed by atoms with Gasteiger partial charge in [0.2, 0.25) is 0 Å². The average Bonchev–Trinajstić information content (AvgIpc) is 2.30. The number of hydrogen-bond acceptors (Lipinski definition) is 2. The highest BCUT2D eigenvalue weighted by molar-refractivity contribution is 5.09. The van der Waals surface area contributed by atoms with Crippen molar-refractivity contribution in [2.45, 2.75) is 33.2 Å². The summed E-state index contributed by atoms with van der Waals surface area (Å²) >= 11 is 0. The minimum absolute atomic E-state index is 0.820. The van der Waals surface area contributed by atoms with Gasteiger partial charge in [-0.05, 0) is 48.9 Å². The number of piperidine rings is 1. The van der Waals surface area contributed by atoms with Crippen LogP contribution < -0.4 is 0 Å². The molecule has 0 amide bonds. The van der Waals surface area contributed by atoms with Gasteiger partial charge in [0.15, 0.2) is 0 Å².